The molecule has 34 heavy (non-hydrogen) atoms. The van der Waals surface area contributed by atoms with Crippen molar-refractivity contribution in [2.45, 2.75) is 84.2 Å². The van der Waals surface area contributed by atoms with E-state index in [1.54, 1.807) is 4.90 Å². The quantitative estimate of drug-likeness (QED) is 0.509. The van der Waals surface area contributed by atoms with Crippen LogP contribution in [-0.4, -0.2) is 58.7 Å². The number of fused-ring (bicyclic) bond motifs is 1. The molecule has 1 heterocycles. The van der Waals surface area contributed by atoms with Crippen molar-refractivity contribution in [3.05, 3.63) is 29.8 Å². The number of rotatable bonds is 10. The Kier molecular flexibility index (Phi) is 9.07. The first-order valence-electron chi connectivity index (χ1n) is 12.6. The van der Waals surface area contributed by atoms with Crippen molar-refractivity contribution in [1.82, 2.24) is 15.1 Å². The monoisotopic (exact) mass is 470 g/mol. The molecule has 8 nitrogen and oxygen atoms in total. The van der Waals surface area contributed by atoms with Gasteiger partial charge in [-0.05, 0) is 63.6 Å². The maximum absolute atomic E-state index is 13.3. The molecule has 3 rings (SSSR count). The van der Waals surface area contributed by atoms with Gasteiger partial charge < -0.3 is 15.5 Å². The molecular formula is C26H38N4O4. The lowest BCUT2D eigenvalue weighted by Crippen LogP contribution is -2.63. The summed E-state index contributed by atoms with van der Waals surface area (Å²) in [4.78, 5) is 54.0. The third kappa shape index (κ3) is 6.58. The molecule has 5 amide bonds. The molecule has 2 atom stereocenters. The zero-order valence-electron chi connectivity index (χ0n) is 20.6. The number of nitrogens with zero attached hydrogens (tertiary/aromatic N) is 2. The summed E-state index contributed by atoms with van der Waals surface area (Å²) in [7, 11) is 0. The molecule has 2 fully saturated rings. The van der Waals surface area contributed by atoms with E-state index in [1.807, 2.05) is 38.1 Å². The zero-order chi connectivity index (χ0) is 24.7. The predicted molar refractivity (Wildman–Crippen MR) is 131 cm³/mol. The molecular weight excluding hydrogens is 432 g/mol. The number of unbranched alkanes of at least 4 members (excludes halogenated alkanes) is 1. The number of imide groups is 1. The highest BCUT2D eigenvalue weighted by Gasteiger charge is 2.47. The lowest BCUT2D eigenvalue weighted by Gasteiger charge is -2.46. The number of carbonyl (C=O) groups is 4. The highest BCUT2D eigenvalue weighted by Crippen LogP contribution is 2.34. The summed E-state index contributed by atoms with van der Waals surface area (Å²) in [5.41, 5.74) is 1.88. The number of urea groups is 1. The maximum Gasteiger partial charge on any atom is 0.327 e. The van der Waals surface area contributed by atoms with Crippen molar-refractivity contribution in [1.29, 1.82) is 0 Å². The summed E-state index contributed by atoms with van der Waals surface area (Å²) >= 11 is 0. The van der Waals surface area contributed by atoms with Gasteiger partial charge in [0.2, 0.25) is 17.7 Å². The number of nitrogens with one attached hydrogen (secondary N) is 2. The Bertz CT molecular complexity index is 883. The van der Waals surface area contributed by atoms with Gasteiger partial charge in [0.25, 0.3) is 0 Å². The molecule has 1 aliphatic carbocycles. The zero-order valence-corrected chi connectivity index (χ0v) is 20.6. The first-order chi connectivity index (χ1) is 16.3. The smallest absolute Gasteiger partial charge is 0.327 e. The summed E-state index contributed by atoms with van der Waals surface area (Å²) in [6.45, 7) is 6.09. The summed E-state index contributed by atoms with van der Waals surface area (Å²) in [6, 6.07) is 7.14. The van der Waals surface area contributed by atoms with Crippen LogP contribution in [0.25, 0.3) is 0 Å². The van der Waals surface area contributed by atoms with Crippen LogP contribution in [0, 0.1) is 5.92 Å². The molecule has 0 spiro atoms. The Labute approximate surface area is 202 Å². The third-order valence-corrected chi connectivity index (χ3v) is 6.63. The van der Waals surface area contributed by atoms with Crippen LogP contribution in [0.2, 0.25) is 0 Å². The molecule has 0 aromatic heterocycles. The molecule has 1 aromatic carbocycles. The fraction of sp³-hybridized carbons (Fsp3) is 0.615. The van der Waals surface area contributed by atoms with Crippen LogP contribution in [0.5, 0.6) is 0 Å². The van der Waals surface area contributed by atoms with Gasteiger partial charge in [-0.3, -0.25) is 19.3 Å². The lowest BCUT2D eigenvalue weighted by molar-refractivity contribution is -0.141. The van der Waals surface area contributed by atoms with Crippen LogP contribution >= 0.6 is 0 Å². The van der Waals surface area contributed by atoms with Crippen molar-refractivity contribution in [3.8, 4) is 0 Å². The second-order valence-corrected chi connectivity index (χ2v) is 9.64. The van der Waals surface area contributed by atoms with E-state index in [4.69, 9.17) is 0 Å². The van der Waals surface area contributed by atoms with Crippen LogP contribution in [0.3, 0.4) is 0 Å². The summed E-state index contributed by atoms with van der Waals surface area (Å²) in [5, 5.41) is 5.73. The number of amides is 5. The first-order valence-corrected chi connectivity index (χ1v) is 12.6. The molecule has 0 radical (unpaired) electrons. The Morgan fingerprint density at radius 3 is 2.41 bits per heavy atom. The molecule has 186 valence electrons. The minimum Gasteiger partial charge on any atom is -0.354 e. The average molecular weight is 471 g/mol. The number of aryl methyl sites for hydroxylation is 1. The molecule has 2 unspecified atom stereocenters. The second kappa shape index (κ2) is 12.0. The fourth-order valence-corrected chi connectivity index (χ4v) is 4.88. The van der Waals surface area contributed by atoms with Crippen LogP contribution in [0.4, 0.5) is 10.5 Å². The van der Waals surface area contributed by atoms with Gasteiger partial charge in [-0.15, -0.1) is 0 Å². The van der Waals surface area contributed by atoms with Crippen LogP contribution in [0.1, 0.15) is 71.3 Å². The topological polar surface area (TPSA) is 98.8 Å². The predicted octanol–water partition coefficient (Wildman–Crippen LogP) is 3.71. The van der Waals surface area contributed by atoms with Crippen molar-refractivity contribution in [3.63, 3.8) is 0 Å². The van der Waals surface area contributed by atoms with Gasteiger partial charge in [0.1, 0.15) is 6.54 Å². The number of hydrogen-bond acceptors (Lipinski definition) is 4. The van der Waals surface area contributed by atoms with E-state index in [-0.39, 0.29) is 48.8 Å². The van der Waals surface area contributed by atoms with Gasteiger partial charge in [-0.25, -0.2) is 4.79 Å². The summed E-state index contributed by atoms with van der Waals surface area (Å²) < 4.78 is 0. The largest absolute Gasteiger partial charge is 0.354 e. The molecule has 1 aliphatic heterocycles. The van der Waals surface area contributed by atoms with Crippen molar-refractivity contribution < 1.29 is 19.2 Å². The average Bonchev–Trinajstić information content (AvgIpc) is 2.81. The highest BCUT2D eigenvalue weighted by molar-refractivity contribution is 6.01. The van der Waals surface area contributed by atoms with Crippen LogP contribution in [0.15, 0.2) is 24.3 Å². The summed E-state index contributed by atoms with van der Waals surface area (Å²) in [6.07, 6.45) is 5.82. The third-order valence-electron chi connectivity index (χ3n) is 6.63. The normalized spacial score (nSPS) is 20.4. The van der Waals surface area contributed by atoms with Gasteiger partial charge in [-0.2, -0.15) is 0 Å². The number of carbonyl (C=O) groups excluding carboxylic acids is 4. The van der Waals surface area contributed by atoms with E-state index in [0.29, 0.717) is 24.9 Å². The number of hydrogen-bond donors (Lipinski definition) is 2. The molecule has 1 saturated carbocycles. The number of benzene rings is 1. The second-order valence-electron chi connectivity index (χ2n) is 9.64. The lowest BCUT2D eigenvalue weighted by atomic mass is 9.81. The van der Waals surface area contributed by atoms with Gasteiger partial charge in [0.05, 0.1) is 5.92 Å². The Morgan fingerprint density at radius 1 is 1.03 bits per heavy atom. The Morgan fingerprint density at radius 2 is 1.74 bits per heavy atom. The van der Waals surface area contributed by atoms with E-state index in [2.05, 4.69) is 17.6 Å². The van der Waals surface area contributed by atoms with Gasteiger partial charge in [0, 0.05) is 30.7 Å². The standard InChI is InChI=1S/C26H38N4O4/c1-4-19-12-14-20(15-13-19)28-24(32)17-30-22-10-6-5-9-21(22)25(33)29(26(30)34)16-8-7-11-23(31)27-18(2)3/h12-15,18,21-22H,4-11,16-17H2,1-3H3,(H,27,31)(H,28,32). The van der Waals surface area contributed by atoms with E-state index < -0.39 is 6.03 Å². The van der Waals surface area contributed by atoms with Gasteiger partial charge >= 0.3 is 6.03 Å². The van der Waals surface area contributed by atoms with Crippen molar-refractivity contribution in [2.75, 3.05) is 18.4 Å². The van der Waals surface area contributed by atoms with E-state index >= 15 is 0 Å². The summed E-state index contributed by atoms with van der Waals surface area (Å²) in [5.74, 6) is -0.675. The molecule has 1 aromatic rings. The Hall–Kier alpha value is -2.90. The SMILES string of the molecule is CCc1ccc(NC(=O)CN2C(=O)N(CCCCC(=O)NC(C)C)C(=O)C3CCCCC32)cc1. The van der Waals surface area contributed by atoms with Crippen molar-refractivity contribution in [2.24, 2.45) is 5.92 Å². The molecule has 2 N–H and O–H groups in total. The van der Waals surface area contributed by atoms with E-state index in [9.17, 15) is 19.2 Å². The van der Waals surface area contributed by atoms with E-state index in [0.717, 1.165) is 32.1 Å². The van der Waals surface area contributed by atoms with Gasteiger partial charge in [-0.1, -0.05) is 31.9 Å². The number of anilines is 1. The molecule has 2 aliphatic rings. The molecule has 1 saturated heterocycles. The fourth-order valence-electron chi connectivity index (χ4n) is 4.88. The molecule has 8 heteroatoms. The van der Waals surface area contributed by atoms with Crippen LogP contribution in [-0.2, 0) is 20.8 Å². The minimum atomic E-state index is -0.392. The minimum absolute atomic E-state index is 0.0242. The van der Waals surface area contributed by atoms with Gasteiger partial charge in [0.15, 0.2) is 0 Å². The first kappa shape index (κ1) is 25.7. The highest BCUT2D eigenvalue weighted by atomic mass is 16.2. The van der Waals surface area contributed by atoms with Crippen molar-refractivity contribution >= 4 is 29.4 Å². The van der Waals surface area contributed by atoms with E-state index in [1.165, 1.54) is 10.5 Å². The molecule has 0 bridgehead atoms. The van der Waals surface area contributed by atoms with Crippen LogP contribution < -0.4 is 10.6 Å². The Balaban J connectivity index is 1.62. The maximum atomic E-state index is 13.3.